The van der Waals surface area contributed by atoms with Crippen molar-refractivity contribution < 1.29 is 8.42 Å². The molecule has 2 aromatic heterocycles. The van der Waals surface area contributed by atoms with Crippen LogP contribution in [0.5, 0.6) is 0 Å². The zero-order valence-corrected chi connectivity index (χ0v) is 10.4. The van der Waals surface area contributed by atoms with E-state index in [2.05, 4.69) is 0 Å². The number of thiophene rings is 1. The van der Waals surface area contributed by atoms with Crippen LogP contribution in [0.25, 0.3) is 0 Å². The van der Waals surface area contributed by atoms with E-state index in [4.69, 9.17) is 23.2 Å². The van der Waals surface area contributed by atoms with E-state index in [1.807, 2.05) is 0 Å². The highest BCUT2D eigenvalue weighted by Gasteiger charge is 2.21. The largest absolute Gasteiger partial charge is 0.269 e. The Morgan fingerprint density at radius 3 is 2.27 bits per heavy atom. The Bertz CT molecular complexity index is 572. The average Bonchev–Trinajstić information content (AvgIpc) is 2.74. The van der Waals surface area contributed by atoms with Crippen LogP contribution in [0, 0.1) is 0 Å². The second-order valence-corrected chi connectivity index (χ2v) is 6.80. The fraction of sp³-hybridized carbons (Fsp3) is 0. The highest BCUT2D eigenvalue weighted by atomic mass is 35.5. The van der Waals surface area contributed by atoms with E-state index in [1.165, 1.54) is 18.5 Å². The van der Waals surface area contributed by atoms with Crippen molar-refractivity contribution in [1.29, 1.82) is 0 Å². The van der Waals surface area contributed by atoms with Crippen LogP contribution in [0.1, 0.15) is 0 Å². The zero-order valence-electron chi connectivity index (χ0n) is 7.22. The molecule has 15 heavy (non-hydrogen) atoms. The SMILES string of the molecule is O=S(=O)(c1cc(Cl)sc1Cl)n1cccc1. The van der Waals surface area contributed by atoms with E-state index >= 15 is 0 Å². The maximum Gasteiger partial charge on any atom is 0.269 e. The Hall–Kier alpha value is -0.490. The first kappa shape index (κ1) is 11.0. The van der Waals surface area contributed by atoms with Gasteiger partial charge in [-0.3, -0.25) is 0 Å². The molecule has 0 N–H and O–H groups in total. The standard InChI is InChI=1S/C8H5Cl2NO2S2/c9-7-5-6(8(10)14-7)15(12,13)11-3-1-2-4-11/h1-5H. The Morgan fingerprint density at radius 1 is 1.20 bits per heavy atom. The maximum atomic E-state index is 12.0. The average molecular weight is 282 g/mol. The predicted octanol–water partition coefficient (Wildman–Crippen LogP) is 3.09. The topological polar surface area (TPSA) is 39.1 Å². The molecule has 0 spiro atoms. The molecule has 0 amide bonds. The van der Waals surface area contributed by atoms with Gasteiger partial charge in [-0.05, 0) is 18.2 Å². The molecule has 3 nitrogen and oxygen atoms in total. The van der Waals surface area contributed by atoms with Gasteiger partial charge in [0, 0.05) is 12.4 Å². The van der Waals surface area contributed by atoms with Crippen molar-refractivity contribution in [3.63, 3.8) is 0 Å². The van der Waals surface area contributed by atoms with Crippen LogP contribution in [-0.4, -0.2) is 12.4 Å². The van der Waals surface area contributed by atoms with Crippen LogP contribution in [-0.2, 0) is 10.0 Å². The Balaban J connectivity index is 2.61. The quantitative estimate of drug-likeness (QED) is 0.849. The number of hydrogen-bond acceptors (Lipinski definition) is 3. The molecule has 0 aromatic carbocycles. The van der Waals surface area contributed by atoms with Gasteiger partial charge in [0.1, 0.15) is 9.23 Å². The van der Waals surface area contributed by atoms with E-state index in [9.17, 15) is 8.42 Å². The summed E-state index contributed by atoms with van der Waals surface area (Å²) in [5, 5.41) is 0. The van der Waals surface area contributed by atoms with Crippen molar-refractivity contribution in [2.24, 2.45) is 0 Å². The monoisotopic (exact) mass is 281 g/mol. The van der Waals surface area contributed by atoms with Gasteiger partial charge in [0.05, 0.1) is 4.34 Å². The summed E-state index contributed by atoms with van der Waals surface area (Å²) >= 11 is 12.5. The molecule has 0 aliphatic rings. The normalized spacial score (nSPS) is 11.9. The van der Waals surface area contributed by atoms with Crippen LogP contribution >= 0.6 is 34.5 Å². The van der Waals surface area contributed by atoms with Gasteiger partial charge in [0.25, 0.3) is 10.0 Å². The van der Waals surface area contributed by atoms with Crippen molar-refractivity contribution in [2.45, 2.75) is 4.90 Å². The van der Waals surface area contributed by atoms with E-state index < -0.39 is 10.0 Å². The lowest BCUT2D eigenvalue weighted by atomic mass is 10.7. The molecule has 0 aliphatic heterocycles. The molecule has 2 aromatic rings. The van der Waals surface area contributed by atoms with Crippen LogP contribution in [0.4, 0.5) is 0 Å². The Kier molecular flexibility index (Phi) is 2.81. The molecule has 0 bridgehead atoms. The summed E-state index contributed by atoms with van der Waals surface area (Å²) in [6.07, 6.45) is 2.88. The van der Waals surface area contributed by atoms with Gasteiger partial charge in [0.2, 0.25) is 0 Å². The summed E-state index contributed by atoms with van der Waals surface area (Å²) in [5.74, 6) is 0. The molecule has 0 atom stereocenters. The summed E-state index contributed by atoms with van der Waals surface area (Å²) in [4.78, 5) is 0.0374. The van der Waals surface area contributed by atoms with E-state index in [0.717, 1.165) is 15.3 Å². The third kappa shape index (κ3) is 1.92. The minimum absolute atomic E-state index is 0.0374. The lowest BCUT2D eigenvalue weighted by Crippen LogP contribution is -2.09. The van der Waals surface area contributed by atoms with Crippen LogP contribution in [0.15, 0.2) is 35.5 Å². The maximum absolute atomic E-state index is 12.0. The van der Waals surface area contributed by atoms with Gasteiger partial charge in [-0.15, -0.1) is 11.3 Å². The van der Waals surface area contributed by atoms with Gasteiger partial charge in [-0.2, -0.15) is 0 Å². The van der Waals surface area contributed by atoms with Gasteiger partial charge in [-0.1, -0.05) is 23.2 Å². The number of halogens is 2. The molecule has 0 radical (unpaired) electrons. The number of rotatable bonds is 2. The van der Waals surface area contributed by atoms with Gasteiger partial charge >= 0.3 is 0 Å². The molecule has 0 fully saturated rings. The van der Waals surface area contributed by atoms with Gasteiger partial charge < -0.3 is 0 Å². The lowest BCUT2D eigenvalue weighted by Gasteiger charge is -2.02. The highest BCUT2D eigenvalue weighted by molar-refractivity contribution is 7.90. The zero-order chi connectivity index (χ0) is 11.1. The van der Waals surface area contributed by atoms with Crippen molar-refractivity contribution in [1.82, 2.24) is 3.97 Å². The van der Waals surface area contributed by atoms with Crippen LogP contribution in [0.3, 0.4) is 0 Å². The molecule has 80 valence electrons. The third-order valence-electron chi connectivity index (χ3n) is 1.76. The summed E-state index contributed by atoms with van der Waals surface area (Å²) < 4.78 is 25.5. The molecule has 0 aliphatic carbocycles. The molecular weight excluding hydrogens is 277 g/mol. The van der Waals surface area contributed by atoms with E-state index in [0.29, 0.717) is 4.34 Å². The number of hydrogen-bond donors (Lipinski definition) is 0. The fourth-order valence-electron chi connectivity index (χ4n) is 1.09. The summed E-state index contributed by atoms with van der Waals surface area (Å²) in [6.45, 7) is 0. The van der Waals surface area contributed by atoms with Gasteiger partial charge in [-0.25, -0.2) is 12.4 Å². The number of aromatic nitrogens is 1. The van der Waals surface area contributed by atoms with Crippen molar-refractivity contribution in [2.75, 3.05) is 0 Å². The second kappa shape index (κ2) is 3.83. The summed E-state index contributed by atoms with van der Waals surface area (Å²) in [5.41, 5.74) is 0. The second-order valence-electron chi connectivity index (χ2n) is 2.71. The fourth-order valence-corrected chi connectivity index (χ4v) is 4.39. The number of nitrogens with zero attached hydrogens (tertiary/aromatic N) is 1. The Labute approximate surface area is 101 Å². The van der Waals surface area contributed by atoms with Gasteiger partial charge in [0.15, 0.2) is 0 Å². The molecule has 2 heterocycles. The molecule has 0 unspecified atom stereocenters. The van der Waals surface area contributed by atoms with E-state index in [-0.39, 0.29) is 9.23 Å². The van der Waals surface area contributed by atoms with Crippen molar-refractivity contribution >= 4 is 44.6 Å². The molecule has 0 saturated heterocycles. The molecule has 7 heteroatoms. The van der Waals surface area contributed by atoms with Crippen molar-refractivity contribution in [3.8, 4) is 0 Å². The first-order valence-electron chi connectivity index (χ1n) is 3.85. The summed E-state index contributed by atoms with van der Waals surface area (Å²) in [6, 6.07) is 4.60. The Morgan fingerprint density at radius 2 is 1.80 bits per heavy atom. The van der Waals surface area contributed by atoms with Crippen LogP contribution in [0.2, 0.25) is 8.67 Å². The molecule has 2 rings (SSSR count). The minimum atomic E-state index is -3.59. The van der Waals surface area contributed by atoms with Crippen molar-refractivity contribution in [3.05, 3.63) is 39.3 Å². The first-order valence-corrected chi connectivity index (χ1v) is 6.86. The lowest BCUT2D eigenvalue weighted by molar-refractivity contribution is 0.588. The molecule has 0 saturated carbocycles. The smallest absolute Gasteiger partial charge is 0.249 e. The predicted molar refractivity (Wildman–Crippen MR) is 61.4 cm³/mol. The van der Waals surface area contributed by atoms with Crippen LogP contribution < -0.4 is 0 Å². The summed E-state index contributed by atoms with van der Waals surface area (Å²) in [7, 11) is -3.59. The molecular formula is C8H5Cl2NO2S2. The van der Waals surface area contributed by atoms with E-state index in [1.54, 1.807) is 12.1 Å². The minimum Gasteiger partial charge on any atom is -0.249 e. The first-order chi connectivity index (χ1) is 7.01. The third-order valence-corrected chi connectivity index (χ3v) is 5.16. The highest BCUT2D eigenvalue weighted by Crippen LogP contribution is 2.35.